The fourth-order valence-corrected chi connectivity index (χ4v) is 7.20. The third kappa shape index (κ3) is 6.03. The lowest BCUT2D eigenvalue weighted by molar-refractivity contribution is 0.0954. The molecule has 0 atom stereocenters. The first-order valence-corrected chi connectivity index (χ1v) is 15.3. The summed E-state index contributed by atoms with van der Waals surface area (Å²) < 4.78 is 5.83. The molecule has 3 aromatic heterocycles. The Morgan fingerprint density at radius 3 is 1.73 bits per heavy atom. The van der Waals surface area contributed by atoms with Crippen molar-refractivity contribution in [2.45, 2.75) is 32.3 Å². The Balaban J connectivity index is 1.24. The quantitative estimate of drug-likeness (QED) is 0.262. The molecule has 1 saturated heterocycles. The molecule has 5 rings (SSSR count). The largest absolute Gasteiger partial charge is 0.480 e. The van der Waals surface area contributed by atoms with Gasteiger partial charge in [-0.1, -0.05) is 6.08 Å². The highest BCUT2D eigenvalue weighted by molar-refractivity contribution is 7.17. The fraction of sp³-hybridized carbons (Fsp3) is 0.219. The maximum atomic E-state index is 9.71. The predicted molar refractivity (Wildman–Crippen MR) is 167 cm³/mol. The fourth-order valence-electron chi connectivity index (χ4n) is 4.61. The molecule has 40 heavy (non-hydrogen) atoms. The monoisotopic (exact) mass is 578 g/mol. The number of nitrogens with zero attached hydrogens (tertiary/aromatic N) is 4. The number of hydrogen-bond donors (Lipinski definition) is 0. The third-order valence-corrected chi connectivity index (χ3v) is 9.77. The molecule has 0 bridgehead atoms. The molecule has 0 aromatic carbocycles. The maximum absolute atomic E-state index is 9.71. The van der Waals surface area contributed by atoms with Gasteiger partial charge in [0.1, 0.15) is 29.4 Å². The summed E-state index contributed by atoms with van der Waals surface area (Å²) in [5.74, 6) is 0.0549. The van der Waals surface area contributed by atoms with E-state index >= 15 is 0 Å². The zero-order valence-corrected chi connectivity index (χ0v) is 24.6. The van der Waals surface area contributed by atoms with Crippen LogP contribution in [0.1, 0.15) is 51.1 Å². The second-order valence-corrected chi connectivity index (χ2v) is 13.2. The summed E-state index contributed by atoms with van der Waals surface area (Å²) in [7, 11) is 0. The molecule has 0 amide bonds. The Bertz CT molecular complexity index is 1680. The van der Waals surface area contributed by atoms with Gasteiger partial charge in [-0.3, -0.25) is 0 Å². The summed E-state index contributed by atoms with van der Waals surface area (Å²) in [6.07, 6.45) is 15.0. The van der Waals surface area contributed by atoms with Crippen LogP contribution in [0.3, 0.4) is 0 Å². The molecular formula is C32H26N4OS3. The van der Waals surface area contributed by atoms with Gasteiger partial charge in [0.15, 0.2) is 11.3 Å². The first-order valence-electron chi connectivity index (χ1n) is 12.9. The highest BCUT2D eigenvalue weighted by Gasteiger charge is 2.38. The Kier molecular flexibility index (Phi) is 8.19. The smallest absolute Gasteiger partial charge is 0.172 e. The second-order valence-electron chi connectivity index (χ2n) is 9.79. The van der Waals surface area contributed by atoms with E-state index in [1.165, 1.54) is 45.6 Å². The van der Waals surface area contributed by atoms with Gasteiger partial charge in [0.25, 0.3) is 0 Å². The minimum atomic E-state index is -0.819. The topological polar surface area (TPSA) is 83.8 Å². The molecule has 0 N–H and O–H groups in total. The van der Waals surface area contributed by atoms with Crippen LogP contribution in [-0.2, 0) is 4.74 Å². The first kappa shape index (κ1) is 27.4. The van der Waals surface area contributed by atoms with Crippen LogP contribution in [0.4, 0.5) is 5.00 Å². The standard InChI is InChI=1S/C32H26N4OS3/c1-32(2)29(28(21-35)31(37-32)22(19-33)20-34)15-13-26-10-9-24(39-26)7-5-23-6-8-25(38-23)11-12-27-14-16-30(40-27)36-17-3-4-18-36/h5-16H,3-4,17-18H2,1-2H3/b7-5+,12-11+,15-13+. The van der Waals surface area contributed by atoms with Crippen molar-refractivity contribution < 1.29 is 4.74 Å². The van der Waals surface area contributed by atoms with Crippen LogP contribution >= 0.6 is 34.0 Å². The number of allylic oxidation sites excluding steroid dienone is 2. The molecular weight excluding hydrogens is 553 g/mol. The van der Waals surface area contributed by atoms with Gasteiger partial charge >= 0.3 is 0 Å². The summed E-state index contributed by atoms with van der Waals surface area (Å²) in [6.45, 7) is 5.99. The summed E-state index contributed by atoms with van der Waals surface area (Å²) in [4.78, 5) is 8.30. The van der Waals surface area contributed by atoms with E-state index in [9.17, 15) is 15.8 Å². The zero-order chi connectivity index (χ0) is 28.1. The normalized spacial score (nSPS) is 16.7. The van der Waals surface area contributed by atoms with E-state index in [0.29, 0.717) is 5.57 Å². The van der Waals surface area contributed by atoms with E-state index < -0.39 is 5.60 Å². The molecule has 2 aliphatic rings. The van der Waals surface area contributed by atoms with E-state index in [2.05, 4.69) is 65.6 Å². The summed E-state index contributed by atoms with van der Waals surface area (Å²) in [5.41, 5.74) is -0.139. The molecule has 5 heterocycles. The van der Waals surface area contributed by atoms with Gasteiger partial charge in [0.05, 0.1) is 5.00 Å². The van der Waals surface area contributed by atoms with E-state index in [1.54, 1.807) is 22.7 Å². The van der Waals surface area contributed by atoms with Gasteiger partial charge in [0.2, 0.25) is 0 Å². The molecule has 5 nitrogen and oxygen atoms in total. The van der Waals surface area contributed by atoms with E-state index in [1.807, 2.05) is 55.5 Å². The highest BCUT2D eigenvalue weighted by atomic mass is 32.1. The molecule has 0 spiro atoms. The molecule has 198 valence electrons. The Hall–Kier alpha value is -4.13. The molecule has 1 fully saturated rings. The molecule has 0 unspecified atom stereocenters. The second kappa shape index (κ2) is 11.9. The molecule has 2 aliphatic heterocycles. The van der Waals surface area contributed by atoms with Crippen molar-refractivity contribution in [2.24, 2.45) is 0 Å². The van der Waals surface area contributed by atoms with E-state index in [4.69, 9.17) is 4.74 Å². The SMILES string of the molecule is CC1(C)OC(=C(C#N)C#N)C(C#N)=C1/C=C/c1ccc(/C=C/c2ccc(/C=C/c3ccc(N4CCCC4)s3)s2)s1. The van der Waals surface area contributed by atoms with Gasteiger partial charge in [-0.2, -0.15) is 15.8 Å². The summed E-state index contributed by atoms with van der Waals surface area (Å²) in [6, 6.07) is 18.6. The van der Waals surface area contributed by atoms with Crippen molar-refractivity contribution in [1.82, 2.24) is 0 Å². The van der Waals surface area contributed by atoms with Crippen molar-refractivity contribution in [3.63, 3.8) is 0 Å². The van der Waals surface area contributed by atoms with E-state index in [-0.39, 0.29) is 16.9 Å². The lowest BCUT2D eigenvalue weighted by atomic mass is 9.94. The van der Waals surface area contributed by atoms with Crippen LogP contribution in [0.25, 0.3) is 30.4 Å². The van der Waals surface area contributed by atoms with Gasteiger partial charge in [0, 0.05) is 43.0 Å². The Morgan fingerprint density at radius 2 is 1.23 bits per heavy atom. The van der Waals surface area contributed by atoms with Crippen molar-refractivity contribution in [3.8, 4) is 18.2 Å². The summed E-state index contributed by atoms with van der Waals surface area (Å²) >= 11 is 5.25. The van der Waals surface area contributed by atoms with Crippen molar-refractivity contribution in [1.29, 1.82) is 15.8 Å². The van der Waals surface area contributed by atoms with Gasteiger partial charge in [-0.25, -0.2) is 0 Å². The minimum Gasteiger partial charge on any atom is -0.480 e. The number of thiophene rings is 3. The van der Waals surface area contributed by atoms with Crippen molar-refractivity contribution >= 4 is 69.4 Å². The number of anilines is 1. The molecule has 0 aliphatic carbocycles. The molecule has 0 radical (unpaired) electrons. The van der Waals surface area contributed by atoms with E-state index in [0.717, 1.165) is 9.75 Å². The number of ether oxygens (including phenoxy) is 1. The molecule has 8 heteroatoms. The van der Waals surface area contributed by atoms with Crippen molar-refractivity contribution in [3.05, 3.63) is 89.3 Å². The number of nitriles is 3. The maximum Gasteiger partial charge on any atom is 0.172 e. The predicted octanol–water partition coefficient (Wildman–Crippen LogP) is 8.76. The van der Waals surface area contributed by atoms with Crippen LogP contribution in [0.2, 0.25) is 0 Å². The van der Waals surface area contributed by atoms with Crippen LogP contribution in [0, 0.1) is 34.0 Å². The van der Waals surface area contributed by atoms with Gasteiger partial charge in [-0.05, 0) is 93.5 Å². The summed E-state index contributed by atoms with van der Waals surface area (Å²) in [5, 5.41) is 29.6. The third-order valence-electron chi connectivity index (χ3n) is 6.63. The van der Waals surface area contributed by atoms with Crippen LogP contribution in [0.15, 0.2) is 65.0 Å². The zero-order valence-electron chi connectivity index (χ0n) is 22.2. The van der Waals surface area contributed by atoms with Crippen molar-refractivity contribution in [2.75, 3.05) is 18.0 Å². The average molecular weight is 579 g/mol. The molecule has 0 saturated carbocycles. The van der Waals surface area contributed by atoms with Gasteiger partial charge in [-0.15, -0.1) is 34.0 Å². The average Bonchev–Trinajstić information content (AvgIpc) is 3.77. The Morgan fingerprint density at radius 1 is 0.750 bits per heavy atom. The van der Waals surface area contributed by atoms with Crippen LogP contribution < -0.4 is 4.90 Å². The minimum absolute atomic E-state index is 0.0549. The lowest BCUT2D eigenvalue weighted by Gasteiger charge is -2.20. The first-order chi connectivity index (χ1) is 19.4. The van der Waals surface area contributed by atoms with Gasteiger partial charge < -0.3 is 9.64 Å². The molecule has 3 aromatic rings. The van der Waals surface area contributed by atoms with Crippen LogP contribution in [0.5, 0.6) is 0 Å². The number of hydrogen-bond acceptors (Lipinski definition) is 8. The van der Waals surface area contributed by atoms with Crippen LogP contribution in [-0.4, -0.2) is 18.7 Å². The number of rotatable bonds is 7. The highest BCUT2D eigenvalue weighted by Crippen LogP contribution is 2.40. The lowest BCUT2D eigenvalue weighted by Crippen LogP contribution is -2.20. The Labute approximate surface area is 246 Å².